The lowest BCUT2D eigenvalue weighted by atomic mass is 9.93. The first-order valence-corrected chi connectivity index (χ1v) is 21.3. The van der Waals surface area contributed by atoms with Crippen LogP contribution in [0.1, 0.15) is 0 Å². The first-order valence-electron chi connectivity index (χ1n) is 20.5. The van der Waals surface area contributed by atoms with Crippen LogP contribution in [-0.2, 0) is 0 Å². The number of hydrogen-bond acceptors (Lipinski definition) is 2. The molecule has 282 valence electrons. The molecule has 0 bridgehead atoms. The summed E-state index contributed by atoms with van der Waals surface area (Å²) in [6.45, 7) is 0. The highest BCUT2D eigenvalue weighted by Gasteiger charge is 2.20. The fraction of sp³-hybridized carbons (Fsp3) is 0. The third-order valence-corrected chi connectivity index (χ3v) is 12.8. The van der Waals surface area contributed by atoms with Crippen molar-refractivity contribution in [2.75, 3.05) is 4.90 Å². The Morgan fingerprint density at radius 3 is 1.52 bits per heavy atom. The minimum Gasteiger partial charge on any atom is -0.310 e. The topological polar surface area (TPSA) is 3.24 Å². The highest BCUT2D eigenvalue weighted by molar-refractivity contribution is 7.26. The minimum absolute atomic E-state index is 1.10. The number of anilines is 3. The third-order valence-electron chi connectivity index (χ3n) is 11.6. The molecule has 1 aromatic heterocycles. The van der Waals surface area contributed by atoms with E-state index < -0.39 is 0 Å². The van der Waals surface area contributed by atoms with E-state index in [4.69, 9.17) is 0 Å². The van der Waals surface area contributed by atoms with Crippen LogP contribution in [0.25, 0.3) is 86.6 Å². The summed E-state index contributed by atoms with van der Waals surface area (Å²) in [6, 6.07) is 86.2. The van der Waals surface area contributed by atoms with E-state index >= 15 is 0 Å². The summed E-state index contributed by atoms with van der Waals surface area (Å²) in [7, 11) is 0. The molecule has 0 fully saturated rings. The summed E-state index contributed by atoms with van der Waals surface area (Å²) in [5.41, 5.74) is 15.4. The molecule has 0 amide bonds. The normalized spacial score (nSPS) is 11.3. The number of thiophene rings is 1. The Hall–Kier alpha value is -7.52. The summed E-state index contributed by atoms with van der Waals surface area (Å²) in [4.78, 5) is 2.44. The van der Waals surface area contributed by atoms with Gasteiger partial charge in [0.1, 0.15) is 0 Å². The summed E-state index contributed by atoms with van der Waals surface area (Å²) in [5, 5.41) is 5.06. The standard InChI is InChI=1S/C58H39NS/c1-3-15-40(16-4-1)47-36-48(41-17-5-2-6-18-41)38-49(37-47)42-31-33-50(34-32-42)59(55-28-14-30-57-58(55)54-26-9-10-29-56(54)60-57)51-24-12-22-45(39-51)44-21-11-23-46(35-44)53-27-13-20-43-19-7-8-25-52(43)53/h1-39H. The number of fused-ring (bicyclic) bond motifs is 4. The van der Waals surface area contributed by atoms with E-state index in [2.05, 4.69) is 241 Å². The van der Waals surface area contributed by atoms with Gasteiger partial charge in [-0.2, -0.15) is 0 Å². The van der Waals surface area contributed by atoms with Crippen LogP contribution in [-0.4, -0.2) is 0 Å². The van der Waals surface area contributed by atoms with Crippen molar-refractivity contribution < 1.29 is 0 Å². The lowest BCUT2D eigenvalue weighted by molar-refractivity contribution is 1.30. The van der Waals surface area contributed by atoms with Crippen molar-refractivity contribution in [1.82, 2.24) is 0 Å². The molecule has 0 aliphatic heterocycles. The molecule has 0 saturated heterocycles. The van der Waals surface area contributed by atoms with Gasteiger partial charge in [0.15, 0.2) is 0 Å². The van der Waals surface area contributed by atoms with Crippen molar-refractivity contribution in [3.8, 4) is 55.6 Å². The monoisotopic (exact) mass is 781 g/mol. The van der Waals surface area contributed by atoms with E-state index in [0.717, 1.165) is 17.1 Å². The van der Waals surface area contributed by atoms with Crippen LogP contribution in [0.2, 0.25) is 0 Å². The van der Waals surface area contributed by atoms with Crippen molar-refractivity contribution in [1.29, 1.82) is 0 Å². The van der Waals surface area contributed by atoms with E-state index in [0.29, 0.717) is 0 Å². The Morgan fingerprint density at radius 1 is 0.283 bits per heavy atom. The van der Waals surface area contributed by atoms with Crippen LogP contribution < -0.4 is 4.90 Å². The highest BCUT2D eigenvalue weighted by atomic mass is 32.1. The van der Waals surface area contributed by atoms with Crippen molar-refractivity contribution in [2.24, 2.45) is 0 Å². The number of hydrogen-bond donors (Lipinski definition) is 0. The average Bonchev–Trinajstić information content (AvgIpc) is 3.72. The van der Waals surface area contributed by atoms with Gasteiger partial charge in [-0.15, -0.1) is 11.3 Å². The van der Waals surface area contributed by atoms with Crippen molar-refractivity contribution in [3.63, 3.8) is 0 Å². The molecule has 1 nitrogen and oxygen atoms in total. The van der Waals surface area contributed by atoms with Crippen LogP contribution >= 0.6 is 11.3 Å². The summed E-state index contributed by atoms with van der Waals surface area (Å²) in [5.74, 6) is 0. The Labute approximate surface area is 354 Å². The molecule has 0 saturated carbocycles. The van der Waals surface area contributed by atoms with Crippen LogP contribution in [0.15, 0.2) is 237 Å². The first kappa shape index (κ1) is 35.6. The SMILES string of the molecule is c1ccc(-c2cc(-c3ccccc3)cc(-c3ccc(N(c4cccc(-c5cccc(-c6cccc7ccccc67)c5)c4)c4cccc5sc6ccccc6c45)cc3)c2)cc1. The molecule has 0 spiro atoms. The molecule has 0 N–H and O–H groups in total. The zero-order chi connectivity index (χ0) is 39.8. The van der Waals surface area contributed by atoms with Crippen LogP contribution in [0.3, 0.4) is 0 Å². The van der Waals surface area contributed by atoms with Gasteiger partial charge in [-0.05, 0) is 133 Å². The highest BCUT2D eigenvalue weighted by Crippen LogP contribution is 2.46. The van der Waals surface area contributed by atoms with Crippen LogP contribution in [0, 0.1) is 0 Å². The van der Waals surface area contributed by atoms with Crippen LogP contribution in [0.4, 0.5) is 17.1 Å². The van der Waals surface area contributed by atoms with E-state index in [-0.39, 0.29) is 0 Å². The number of nitrogens with zero attached hydrogens (tertiary/aromatic N) is 1. The molecular formula is C58H39NS. The zero-order valence-corrected chi connectivity index (χ0v) is 33.7. The fourth-order valence-corrected chi connectivity index (χ4v) is 9.86. The van der Waals surface area contributed by atoms with E-state index in [1.807, 2.05) is 11.3 Å². The van der Waals surface area contributed by atoms with Gasteiger partial charge in [-0.3, -0.25) is 0 Å². The Kier molecular flexibility index (Phi) is 9.11. The molecule has 0 aliphatic rings. The minimum atomic E-state index is 1.10. The second-order valence-electron chi connectivity index (χ2n) is 15.3. The summed E-state index contributed by atoms with van der Waals surface area (Å²) < 4.78 is 2.57. The average molecular weight is 782 g/mol. The summed E-state index contributed by atoms with van der Waals surface area (Å²) in [6.07, 6.45) is 0. The maximum absolute atomic E-state index is 2.44. The number of rotatable bonds is 8. The van der Waals surface area contributed by atoms with Gasteiger partial charge in [0.05, 0.1) is 5.69 Å². The Morgan fingerprint density at radius 2 is 0.783 bits per heavy atom. The van der Waals surface area contributed by atoms with Gasteiger partial charge in [0, 0.05) is 31.5 Å². The van der Waals surface area contributed by atoms with Gasteiger partial charge >= 0.3 is 0 Å². The predicted molar refractivity (Wildman–Crippen MR) is 259 cm³/mol. The van der Waals surface area contributed by atoms with E-state index in [9.17, 15) is 0 Å². The van der Waals surface area contributed by atoms with Crippen molar-refractivity contribution >= 4 is 59.3 Å². The first-order chi connectivity index (χ1) is 29.7. The predicted octanol–water partition coefficient (Wildman–Crippen LogP) is 17.0. The van der Waals surface area contributed by atoms with Gasteiger partial charge in [-0.1, -0.05) is 170 Å². The Bertz CT molecular complexity index is 3250. The fourth-order valence-electron chi connectivity index (χ4n) is 8.73. The summed E-state index contributed by atoms with van der Waals surface area (Å²) >= 11 is 1.86. The molecule has 0 radical (unpaired) electrons. The molecule has 11 rings (SSSR count). The Balaban J connectivity index is 1.05. The quantitative estimate of drug-likeness (QED) is 0.148. The molecule has 0 aliphatic carbocycles. The molecule has 10 aromatic carbocycles. The molecule has 60 heavy (non-hydrogen) atoms. The van der Waals surface area contributed by atoms with Gasteiger partial charge in [0.25, 0.3) is 0 Å². The number of benzene rings is 10. The van der Waals surface area contributed by atoms with Gasteiger partial charge < -0.3 is 4.90 Å². The van der Waals surface area contributed by atoms with Crippen molar-refractivity contribution in [2.45, 2.75) is 0 Å². The van der Waals surface area contributed by atoms with Gasteiger partial charge in [-0.25, -0.2) is 0 Å². The second-order valence-corrected chi connectivity index (χ2v) is 16.4. The lowest BCUT2D eigenvalue weighted by Gasteiger charge is -2.27. The van der Waals surface area contributed by atoms with Gasteiger partial charge in [0.2, 0.25) is 0 Å². The third kappa shape index (κ3) is 6.63. The second kappa shape index (κ2) is 15.3. The molecule has 11 aromatic rings. The molecule has 2 heteroatoms. The van der Waals surface area contributed by atoms with E-state index in [1.54, 1.807) is 0 Å². The molecule has 0 unspecified atom stereocenters. The molecular weight excluding hydrogens is 743 g/mol. The molecule has 0 atom stereocenters. The zero-order valence-electron chi connectivity index (χ0n) is 32.9. The molecule has 1 heterocycles. The van der Waals surface area contributed by atoms with E-state index in [1.165, 1.54) is 86.6 Å². The maximum atomic E-state index is 2.44. The largest absolute Gasteiger partial charge is 0.310 e. The lowest BCUT2D eigenvalue weighted by Crippen LogP contribution is -2.10. The maximum Gasteiger partial charge on any atom is 0.0554 e. The smallest absolute Gasteiger partial charge is 0.0554 e. The van der Waals surface area contributed by atoms with Crippen molar-refractivity contribution in [3.05, 3.63) is 237 Å². The van der Waals surface area contributed by atoms with Crippen LogP contribution in [0.5, 0.6) is 0 Å².